The molecule has 0 fully saturated rings. The predicted octanol–water partition coefficient (Wildman–Crippen LogP) is 2.54. The summed E-state index contributed by atoms with van der Waals surface area (Å²) < 4.78 is 30.7. The summed E-state index contributed by atoms with van der Waals surface area (Å²) in [5.74, 6) is -0.883. The van der Waals surface area contributed by atoms with Crippen molar-refractivity contribution in [2.75, 3.05) is 7.11 Å². The summed E-state index contributed by atoms with van der Waals surface area (Å²) in [4.78, 5) is 0. The number of hydrogen-bond acceptors (Lipinski definition) is 1. The van der Waals surface area contributed by atoms with Gasteiger partial charge in [0.05, 0.1) is 7.11 Å². The van der Waals surface area contributed by atoms with Gasteiger partial charge < -0.3 is 4.74 Å². The van der Waals surface area contributed by atoms with Crippen LogP contribution in [0.4, 0.5) is 8.78 Å². The quantitative estimate of drug-likeness (QED) is 0.666. The third kappa shape index (κ3) is 1.55. The van der Waals surface area contributed by atoms with Crippen LogP contribution in [0.3, 0.4) is 0 Å². The lowest BCUT2D eigenvalue weighted by atomic mass is 10.1. The fraction of sp³-hybridized carbons (Fsp3) is 0.333. The van der Waals surface area contributed by atoms with Crippen molar-refractivity contribution in [3.8, 4) is 5.75 Å². The molecule has 3 heteroatoms. The molecule has 0 aliphatic rings. The van der Waals surface area contributed by atoms with Crippen LogP contribution in [0.25, 0.3) is 0 Å². The summed E-state index contributed by atoms with van der Waals surface area (Å²) in [6.45, 7) is 1.70. The minimum absolute atomic E-state index is 0.107. The standard InChI is InChI=1S/C9H10F2O/c1-3-7-8(10)4-6(12-2)5-9(7)11/h4-5H,3H2,1-2H3. The van der Waals surface area contributed by atoms with Crippen LogP contribution in [0.1, 0.15) is 12.5 Å². The average molecular weight is 172 g/mol. The highest BCUT2D eigenvalue weighted by Crippen LogP contribution is 2.20. The van der Waals surface area contributed by atoms with E-state index in [1.807, 2.05) is 0 Å². The van der Waals surface area contributed by atoms with Gasteiger partial charge >= 0.3 is 0 Å². The molecule has 12 heavy (non-hydrogen) atoms. The van der Waals surface area contributed by atoms with Crippen molar-refractivity contribution >= 4 is 0 Å². The van der Waals surface area contributed by atoms with Crippen molar-refractivity contribution in [1.82, 2.24) is 0 Å². The molecule has 0 spiro atoms. The molecule has 66 valence electrons. The van der Waals surface area contributed by atoms with Crippen LogP contribution in [0.2, 0.25) is 0 Å². The number of halogens is 2. The Kier molecular flexibility index (Phi) is 2.63. The minimum atomic E-state index is -0.547. The van der Waals surface area contributed by atoms with Crippen LogP contribution in [0.5, 0.6) is 5.75 Å². The molecule has 0 amide bonds. The fourth-order valence-corrected chi connectivity index (χ4v) is 1.04. The summed E-state index contributed by atoms with van der Waals surface area (Å²) in [6.07, 6.45) is 0.349. The maximum atomic E-state index is 13.0. The fourth-order valence-electron chi connectivity index (χ4n) is 1.04. The van der Waals surface area contributed by atoms with Crippen molar-refractivity contribution in [3.05, 3.63) is 29.3 Å². The van der Waals surface area contributed by atoms with E-state index in [1.165, 1.54) is 19.2 Å². The van der Waals surface area contributed by atoms with Crippen LogP contribution in [0.15, 0.2) is 12.1 Å². The van der Waals surface area contributed by atoms with Crippen LogP contribution in [-0.2, 0) is 6.42 Å². The van der Waals surface area contributed by atoms with Gasteiger partial charge in [-0.25, -0.2) is 8.78 Å². The summed E-state index contributed by atoms with van der Waals surface area (Å²) in [6, 6.07) is 2.36. The zero-order valence-corrected chi connectivity index (χ0v) is 7.03. The Bertz CT molecular complexity index is 261. The Labute approximate surface area is 70.0 Å². The molecule has 1 aromatic carbocycles. The topological polar surface area (TPSA) is 9.23 Å². The summed E-state index contributed by atoms with van der Waals surface area (Å²) >= 11 is 0. The summed E-state index contributed by atoms with van der Waals surface area (Å²) in [5.41, 5.74) is 0.107. The summed E-state index contributed by atoms with van der Waals surface area (Å²) in [5, 5.41) is 0. The SMILES string of the molecule is CCc1c(F)cc(OC)cc1F. The molecular weight excluding hydrogens is 162 g/mol. The molecule has 0 aromatic heterocycles. The Morgan fingerprint density at radius 3 is 2.08 bits per heavy atom. The van der Waals surface area contributed by atoms with E-state index in [1.54, 1.807) is 6.92 Å². The molecular formula is C9H10F2O. The van der Waals surface area contributed by atoms with Gasteiger partial charge in [0.1, 0.15) is 17.4 Å². The normalized spacial score (nSPS) is 10.0. The molecule has 0 aliphatic heterocycles. The Balaban J connectivity index is 3.18. The van der Waals surface area contributed by atoms with Crippen LogP contribution < -0.4 is 4.74 Å². The van der Waals surface area contributed by atoms with Crippen molar-refractivity contribution < 1.29 is 13.5 Å². The van der Waals surface area contributed by atoms with Gasteiger partial charge in [-0.15, -0.1) is 0 Å². The zero-order valence-electron chi connectivity index (χ0n) is 7.03. The van der Waals surface area contributed by atoms with Gasteiger partial charge in [-0.05, 0) is 6.42 Å². The molecule has 1 aromatic rings. The molecule has 1 nitrogen and oxygen atoms in total. The molecule has 0 radical (unpaired) electrons. The first-order valence-electron chi connectivity index (χ1n) is 3.71. The zero-order chi connectivity index (χ0) is 9.14. The molecule has 0 unspecified atom stereocenters. The summed E-state index contributed by atoms with van der Waals surface area (Å²) in [7, 11) is 1.37. The Hall–Kier alpha value is -1.12. The second-order valence-corrected chi connectivity index (χ2v) is 2.42. The molecule has 0 saturated carbocycles. The minimum Gasteiger partial charge on any atom is -0.497 e. The number of rotatable bonds is 2. The Morgan fingerprint density at radius 1 is 1.25 bits per heavy atom. The number of hydrogen-bond donors (Lipinski definition) is 0. The van der Waals surface area contributed by atoms with E-state index in [9.17, 15) is 8.78 Å². The molecule has 0 aliphatic carbocycles. The maximum absolute atomic E-state index is 13.0. The smallest absolute Gasteiger partial charge is 0.132 e. The van der Waals surface area contributed by atoms with E-state index < -0.39 is 11.6 Å². The van der Waals surface area contributed by atoms with Gasteiger partial charge in [-0.3, -0.25) is 0 Å². The van der Waals surface area contributed by atoms with Crippen LogP contribution in [0, 0.1) is 11.6 Å². The third-order valence-corrected chi connectivity index (χ3v) is 1.70. The molecule has 0 heterocycles. The molecule has 1 rings (SSSR count). The van der Waals surface area contributed by atoms with Crippen LogP contribution in [-0.4, -0.2) is 7.11 Å². The lowest BCUT2D eigenvalue weighted by Gasteiger charge is -2.04. The molecule has 0 bridgehead atoms. The number of ether oxygens (including phenoxy) is 1. The van der Waals surface area contributed by atoms with E-state index in [-0.39, 0.29) is 11.3 Å². The molecule has 0 atom stereocenters. The monoisotopic (exact) mass is 172 g/mol. The van der Waals surface area contributed by atoms with E-state index in [0.717, 1.165) is 0 Å². The lowest BCUT2D eigenvalue weighted by Crippen LogP contribution is -1.95. The van der Waals surface area contributed by atoms with Gasteiger partial charge in [0, 0.05) is 17.7 Å². The van der Waals surface area contributed by atoms with E-state index >= 15 is 0 Å². The number of benzene rings is 1. The van der Waals surface area contributed by atoms with Crippen molar-refractivity contribution in [3.63, 3.8) is 0 Å². The highest BCUT2D eigenvalue weighted by molar-refractivity contribution is 5.30. The van der Waals surface area contributed by atoms with E-state index in [2.05, 4.69) is 0 Å². The first-order chi connectivity index (χ1) is 5.69. The van der Waals surface area contributed by atoms with E-state index in [0.29, 0.717) is 6.42 Å². The molecule has 0 N–H and O–H groups in total. The van der Waals surface area contributed by atoms with Gasteiger partial charge in [0.2, 0.25) is 0 Å². The van der Waals surface area contributed by atoms with Crippen LogP contribution >= 0.6 is 0 Å². The van der Waals surface area contributed by atoms with Gasteiger partial charge in [-0.1, -0.05) is 6.92 Å². The van der Waals surface area contributed by atoms with Crippen molar-refractivity contribution in [2.24, 2.45) is 0 Å². The van der Waals surface area contributed by atoms with Crippen molar-refractivity contribution in [1.29, 1.82) is 0 Å². The molecule has 0 saturated heterocycles. The first kappa shape index (κ1) is 8.97. The lowest BCUT2D eigenvalue weighted by molar-refractivity contribution is 0.405. The third-order valence-electron chi connectivity index (χ3n) is 1.70. The second kappa shape index (κ2) is 3.52. The van der Waals surface area contributed by atoms with Gasteiger partial charge in [0.25, 0.3) is 0 Å². The van der Waals surface area contributed by atoms with Gasteiger partial charge in [0.15, 0.2) is 0 Å². The number of methoxy groups -OCH3 is 1. The highest BCUT2D eigenvalue weighted by atomic mass is 19.1. The predicted molar refractivity (Wildman–Crippen MR) is 42.3 cm³/mol. The second-order valence-electron chi connectivity index (χ2n) is 2.42. The largest absolute Gasteiger partial charge is 0.497 e. The maximum Gasteiger partial charge on any atom is 0.132 e. The van der Waals surface area contributed by atoms with Gasteiger partial charge in [-0.2, -0.15) is 0 Å². The Morgan fingerprint density at radius 2 is 1.75 bits per heavy atom. The average Bonchev–Trinajstić information content (AvgIpc) is 2.03. The van der Waals surface area contributed by atoms with E-state index in [4.69, 9.17) is 4.74 Å². The first-order valence-corrected chi connectivity index (χ1v) is 3.71. The van der Waals surface area contributed by atoms with Crippen molar-refractivity contribution in [2.45, 2.75) is 13.3 Å². The highest BCUT2D eigenvalue weighted by Gasteiger charge is 2.08.